The molecule has 4 heterocycles. The Bertz CT molecular complexity index is 517. The number of carbonyl (C=O) groups excluding carboxylic acids is 2. The molecule has 6 heteroatoms. The van der Waals surface area contributed by atoms with Crippen LogP contribution in [0.1, 0.15) is 13.3 Å². The summed E-state index contributed by atoms with van der Waals surface area (Å²) in [6.45, 7) is 2.85. The number of amides is 1. The molecule has 1 amide bonds. The SMILES string of the molecule is C[C@@]12C=C[C@@]3(O1)[C@H](C(=O)N1CCCO[C@@H]13)[C@@H]2C(=O)[O-]. The van der Waals surface area contributed by atoms with Gasteiger partial charge in [0.2, 0.25) is 5.91 Å². The fourth-order valence-electron chi connectivity index (χ4n) is 4.08. The summed E-state index contributed by atoms with van der Waals surface area (Å²) in [5.74, 6) is -3.09. The molecular weight excluding hydrogens is 250 g/mol. The second kappa shape index (κ2) is 3.19. The number of carbonyl (C=O) groups is 2. The molecule has 0 aromatic carbocycles. The van der Waals surface area contributed by atoms with Crippen molar-refractivity contribution in [1.82, 2.24) is 4.90 Å². The van der Waals surface area contributed by atoms with Gasteiger partial charge in [0.15, 0.2) is 6.23 Å². The minimum Gasteiger partial charge on any atom is -0.550 e. The van der Waals surface area contributed by atoms with Crippen molar-refractivity contribution < 1.29 is 24.2 Å². The van der Waals surface area contributed by atoms with E-state index >= 15 is 0 Å². The number of ether oxygens (including phenoxy) is 2. The normalized spacial score (nSPS) is 50.5. The summed E-state index contributed by atoms with van der Waals surface area (Å²) in [5.41, 5.74) is -1.91. The van der Waals surface area contributed by atoms with Crippen LogP contribution in [-0.2, 0) is 19.1 Å². The first-order valence-corrected chi connectivity index (χ1v) is 6.53. The van der Waals surface area contributed by atoms with Crippen LogP contribution in [0.4, 0.5) is 0 Å². The molecule has 3 fully saturated rings. The van der Waals surface area contributed by atoms with Crippen molar-refractivity contribution >= 4 is 11.9 Å². The third-order valence-electron chi connectivity index (χ3n) is 4.80. The molecule has 0 aromatic heterocycles. The van der Waals surface area contributed by atoms with E-state index in [0.717, 1.165) is 6.42 Å². The number of fused-ring (bicyclic) bond motifs is 2. The van der Waals surface area contributed by atoms with Crippen LogP contribution in [0.25, 0.3) is 0 Å². The molecule has 1 spiro atoms. The van der Waals surface area contributed by atoms with Crippen LogP contribution >= 0.6 is 0 Å². The van der Waals surface area contributed by atoms with Crippen molar-refractivity contribution in [2.45, 2.75) is 30.8 Å². The maximum Gasteiger partial charge on any atom is 0.232 e. The van der Waals surface area contributed by atoms with Gasteiger partial charge in [-0.3, -0.25) is 4.79 Å². The number of hydrogen-bond acceptors (Lipinski definition) is 5. The number of nitrogens with zero attached hydrogens (tertiary/aromatic N) is 1. The van der Waals surface area contributed by atoms with Crippen molar-refractivity contribution in [1.29, 1.82) is 0 Å². The van der Waals surface area contributed by atoms with E-state index in [-0.39, 0.29) is 5.91 Å². The molecule has 102 valence electrons. The maximum atomic E-state index is 12.5. The van der Waals surface area contributed by atoms with Crippen LogP contribution in [-0.4, -0.2) is 47.4 Å². The van der Waals surface area contributed by atoms with E-state index in [1.165, 1.54) is 0 Å². The number of rotatable bonds is 1. The monoisotopic (exact) mass is 264 g/mol. The average Bonchev–Trinajstić information content (AvgIpc) is 2.94. The van der Waals surface area contributed by atoms with Gasteiger partial charge >= 0.3 is 0 Å². The molecule has 0 aromatic rings. The number of carboxylic acids is 1. The first kappa shape index (κ1) is 11.4. The van der Waals surface area contributed by atoms with E-state index in [0.29, 0.717) is 13.2 Å². The molecule has 0 saturated carbocycles. The van der Waals surface area contributed by atoms with Gasteiger partial charge in [0, 0.05) is 18.4 Å². The van der Waals surface area contributed by atoms with Gasteiger partial charge in [-0.15, -0.1) is 0 Å². The predicted octanol–water partition coefficient (Wildman–Crippen LogP) is -1.35. The zero-order valence-electron chi connectivity index (χ0n) is 10.5. The first-order chi connectivity index (χ1) is 9.00. The van der Waals surface area contributed by atoms with Crippen LogP contribution in [0.15, 0.2) is 12.2 Å². The highest BCUT2D eigenvalue weighted by Crippen LogP contribution is 2.59. The summed E-state index contributed by atoms with van der Waals surface area (Å²) in [5, 5.41) is 11.5. The van der Waals surface area contributed by atoms with Crippen molar-refractivity contribution in [3.8, 4) is 0 Å². The van der Waals surface area contributed by atoms with E-state index in [1.807, 2.05) is 6.08 Å². The van der Waals surface area contributed by atoms with Crippen LogP contribution in [0.2, 0.25) is 0 Å². The van der Waals surface area contributed by atoms with Gasteiger partial charge in [-0.2, -0.15) is 0 Å². The Labute approximate surface area is 110 Å². The molecule has 6 nitrogen and oxygen atoms in total. The minimum atomic E-state index is -1.23. The Morgan fingerprint density at radius 2 is 2.32 bits per heavy atom. The Balaban J connectivity index is 1.86. The minimum absolute atomic E-state index is 0.188. The van der Waals surface area contributed by atoms with Crippen molar-refractivity contribution in [3.05, 3.63) is 12.2 Å². The lowest BCUT2D eigenvalue weighted by Crippen LogP contribution is -2.50. The van der Waals surface area contributed by atoms with Gasteiger partial charge in [-0.1, -0.05) is 6.08 Å². The fraction of sp³-hybridized carbons (Fsp3) is 0.692. The summed E-state index contributed by atoms with van der Waals surface area (Å²) in [6.07, 6.45) is 3.81. The largest absolute Gasteiger partial charge is 0.550 e. The summed E-state index contributed by atoms with van der Waals surface area (Å²) in [4.78, 5) is 25.6. The molecule has 0 aliphatic carbocycles. The lowest BCUT2D eigenvalue weighted by atomic mass is 9.72. The number of hydrogen-bond donors (Lipinski definition) is 0. The van der Waals surface area contributed by atoms with Gasteiger partial charge in [-0.25, -0.2) is 0 Å². The highest BCUT2D eigenvalue weighted by atomic mass is 16.6. The van der Waals surface area contributed by atoms with E-state index in [4.69, 9.17) is 9.47 Å². The number of carboxylic acid groups (broad SMARTS) is 1. The molecule has 4 aliphatic heterocycles. The van der Waals surface area contributed by atoms with Crippen molar-refractivity contribution in [2.75, 3.05) is 13.2 Å². The van der Waals surface area contributed by atoms with E-state index in [2.05, 4.69) is 0 Å². The molecule has 19 heavy (non-hydrogen) atoms. The smallest absolute Gasteiger partial charge is 0.232 e. The predicted molar refractivity (Wildman–Crippen MR) is 59.4 cm³/mol. The average molecular weight is 264 g/mol. The molecule has 0 radical (unpaired) electrons. The second-order valence-corrected chi connectivity index (χ2v) is 5.86. The molecule has 3 saturated heterocycles. The van der Waals surface area contributed by atoms with Gasteiger partial charge < -0.3 is 24.3 Å². The fourth-order valence-corrected chi connectivity index (χ4v) is 4.08. The molecular formula is C13H14NO5-. The van der Waals surface area contributed by atoms with Crippen LogP contribution in [0, 0.1) is 11.8 Å². The van der Waals surface area contributed by atoms with Crippen LogP contribution in [0.5, 0.6) is 0 Å². The quantitative estimate of drug-likeness (QED) is 0.547. The van der Waals surface area contributed by atoms with Crippen molar-refractivity contribution in [3.63, 3.8) is 0 Å². The van der Waals surface area contributed by atoms with Crippen molar-refractivity contribution in [2.24, 2.45) is 11.8 Å². The standard InChI is InChI=1S/C13H15NO5/c1-12-3-4-13(19-12)7(8(12)10(16)17)9(15)14-5-2-6-18-11(13)14/h3-4,7-8,11H,2,5-6H2,1H3,(H,16,17)/p-1/t7-,8+,11+,12-,13+/m0/s1. The lowest BCUT2D eigenvalue weighted by Gasteiger charge is -2.36. The molecule has 0 N–H and O–H groups in total. The van der Waals surface area contributed by atoms with Gasteiger partial charge in [0.05, 0.1) is 18.1 Å². The Morgan fingerprint density at radius 1 is 1.53 bits per heavy atom. The molecule has 4 aliphatic rings. The topological polar surface area (TPSA) is 78.9 Å². The molecule has 2 bridgehead atoms. The summed E-state index contributed by atoms with van der Waals surface area (Å²) >= 11 is 0. The van der Waals surface area contributed by atoms with Gasteiger partial charge in [0.25, 0.3) is 0 Å². The number of aliphatic carboxylic acids is 1. The third kappa shape index (κ3) is 1.10. The second-order valence-electron chi connectivity index (χ2n) is 5.86. The van der Waals surface area contributed by atoms with E-state index < -0.39 is 35.2 Å². The van der Waals surface area contributed by atoms with Gasteiger partial charge in [-0.05, 0) is 19.4 Å². The highest BCUT2D eigenvalue weighted by molar-refractivity contribution is 5.91. The summed E-state index contributed by atoms with van der Waals surface area (Å²) in [7, 11) is 0. The highest BCUT2D eigenvalue weighted by Gasteiger charge is 2.74. The summed E-state index contributed by atoms with van der Waals surface area (Å²) in [6, 6.07) is 0. The molecule has 0 unspecified atom stereocenters. The first-order valence-electron chi connectivity index (χ1n) is 6.53. The molecule has 5 atom stereocenters. The molecule has 4 rings (SSSR count). The zero-order chi connectivity index (χ0) is 13.4. The van der Waals surface area contributed by atoms with Crippen LogP contribution < -0.4 is 5.11 Å². The third-order valence-corrected chi connectivity index (χ3v) is 4.80. The van der Waals surface area contributed by atoms with E-state index in [1.54, 1.807) is 17.9 Å². The Hall–Kier alpha value is -1.40. The summed E-state index contributed by atoms with van der Waals surface area (Å²) < 4.78 is 11.7. The van der Waals surface area contributed by atoms with Gasteiger partial charge in [0.1, 0.15) is 5.60 Å². The van der Waals surface area contributed by atoms with Crippen LogP contribution in [0.3, 0.4) is 0 Å². The zero-order valence-corrected chi connectivity index (χ0v) is 10.5. The Morgan fingerprint density at radius 3 is 3.05 bits per heavy atom. The van der Waals surface area contributed by atoms with E-state index in [9.17, 15) is 14.7 Å². The maximum absolute atomic E-state index is 12.5. The Kier molecular flexibility index (Phi) is 1.92. The lowest BCUT2D eigenvalue weighted by molar-refractivity contribution is -0.315.